The van der Waals surface area contributed by atoms with Gasteiger partial charge in [0.2, 0.25) is 0 Å². The van der Waals surface area contributed by atoms with E-state index in [0.29, 0.717) is 77.7 Å². The summed E-state index contributed by atoms with van der Waals surface area (Å²) in [7, 11) is 0. The fourth-order valence-electron chi connectivity index (χ4n) is 6.55. The molecule has 9 nitrogen and oxygen atoms in total. The fourth-order valence-corrected chi connectivity index (χ4v) is 8.15. The van der Waals surface area contributed by atoms with Gasteiger partial charge in [0.1, 0.15) is 16.5 Å². The van der Waals surface area contributed by atoms with Gasteiger partial charge in [0.15, 0.2) is 5.78 Å². The molecule has 2 aliphatic heterocycles. The highest BCUT2D eigenvalue weighted by Crippen LogP contribution is 2.38. The number of hydrogen-bond donors (Lipinski definition) is 0. The van der Waals surface area contributed by atoms with Gasteiger partial charge >= 0.3 is 12.1 Å². The Morgan fingerprint density at radius 2 is 1.90 bits per heavy atom. The van der Waals surface area contributed by atoms with Crippen molar-refractivity contribution in [3.8, 4) is 11.3 Å². The van der Waals surface area contributed by atoms with Gasteiger partial charge in [-0.1, -0.05) is 29.8 Å². The molecule has 0 unspecified atom stereocenters. The predicted molar refractivity (Wildman–Crippen MR) is 183 cm³/mol. The molecule has 3 aromatic rings. The Morgan fingerprint density at radius 1 is 1.10 bits per heavy atom. The van der Waals surface area contributed by atoms with Crippen molar-refractivity contribution in [3.63, 3.8) is 0 Å². The number of thiazole rings is 1. The third-order valence-electron chi connectivity index (χ3n) is 9.00. The van der Waals surface area contributed by atoms with Crippen molar-refractivity contribution in [2.24, 2.45) is 5.92 Å². The number of rotatable bonds is 12. The maximum atomic E-state index is 13.7. The minimum atomic E-state index is -4.51. The lowest BCUT2D eigenvalue weighted by molar-refractivity contribution is -0.143. The summed E-state index contributed by atoms with van der Waals surface area (Å²) < 4.78 is 46.6. The zero-order valence-electron chi connectivity index (χ0n) is 27.7. The van der Waals surface area contributed by atoms with Gasteiger partial charge in [-0.2, -0.15) is 13.2 Å². The van der Waals surface area contributed by atoms with Gasteiger partial charge in [0.25, 0.3) is 0 Å². The molecule has 0 bridgehead atoms. The first kappa shape index (κ1) is 36.3. The largest absolute Gasteiger partial charge is 0.466 e. The fraction of sp³-hybridized carbons (Fsp3) is 0.559. The lowest BCUT2D eigenvalue weighted by atomic mass is 10.0. The number of alkyl halides is 3. The second-order valence-corrected chi connectivity index (χ2v) is 14.9. The Bertz CT molecular complexity index is 1580. The van der Waals surface area contributed by atoms with Gasteiger partial charge in [-0.05, 0) is 57.4 Å². The number of ether oxygens (including phenoxy) is 1. The number of aromatic nitrogens is 3. The molecule has 260 valence electrons. The van der Waals surface area contributed by atoms with Crippen molar-refractivity contribution in [1.29, 1.82) is 0 Å². The minimum Gasteiger partial charge on any atom is -0.466 e. The molecule has 2 fully saturated rings. The van der Waals surface area contributed by atoms with Crippen LogP contribution in [0.5, 0.6) is 0 Å². The van der Waals surface area contributed by atoms with Gasteiger partial charge in [0.05, 0.1) is 43.1 Å². The van der Waals surface area contributed by atoms with E-state index in [1.807, 2.05) is 0 Å². The summed E-state index contributed by atoms with van der Waals surface area (Å²) in [6.45, 7) is 12.9. The second-order valence-electron chi connectivity index (χ2n) is 12.8. The number of Topliss-reactive ketones (excluding diaryl/α,β-unsaturated/α-hetero) is 1. The average Bonchev–Trinajstić information content (AvgIpc) is 3.67. The van der Waals surface area contributed by atoms with E-state index >= 15 is 0 Å². The van der Waals surface area contributed by atoms with Crippen molar-refractivity contribution >= 4 is 44.8 Å². The zero-order chi connectivity index (χ0) is 34.6. The van der Waals surface area contributed by atoms with Gasteiger partial charge in [-0.3, -0.25) is 19.4 Å². The molecule has 1 aromatic carbocycles. The van der Waals surface area contributed by atoms with Crippen molar-refractivity contribution < 1.29 is 27.5 Å². The summed E-state index contributed by atoms with van der Waals surface area (Å²) in [5.74, 6) is 0.656. The quantitative estimate of drug-likeness (QED) is 0.145. The summed E-state index contributed by atoms with van der Waals surface area (Å²) in [6, 6.07) is 4.41. The minimum absolute atomic E-state index is 0.0321. The molecular formula is C34H42BrF3N6O3S. The third kappa shape index (κ3) is 8.99. The van der Waals surface area contributed by atoms with Crippen molar-refractivity contribution in [2.75, 3.05) is 44.2 Å². The number of carbonyl (C=O) groups excluding carboxylic acids is 2. The van der Waals surface area contributed by atoms with Crippen LogP contribution in [-0.2, 0) is 28.7 Å². The van der Waals surface area contributed by atoms with E-state index < -0.39 is 11.7 Å². The maximum Gasteiger partial charge on any atom is 0.416 e. The highest BCUT2D eigenvalue weighted by molar-refractivity contribution is 9.10. The lowest BCUT2D eigenvalue weighted by Crippen LogP contribution is -2.52. The maximum absolute atomic E-state index is 13.7. The summed E-state index contributed by atoms with van der Waals surface area (Å²) in [6.07, 6.45) is 1.03. The number of piperazine rings is 1. The highest BCUT2D eigenvalue weighted by Gasteiger charge is 2.33. The van der Waals surface area contributed by atoms with E-state index in [2.05, 4.69) is 61.4 Å². The normalized spacial score (nSPS) is 19.3. The van der Waals surface area contributed by atoms with Crippen LogP contribution in [0.25, 0.3) is 11.3 Å². The van der Waals surface area contributed by atoms with Crippen LogP contribution in [0, 0.1) is 5.92 Å². The molecule has 0 amide bonds. The number of likely N-dealkylation sites (tertiary alicyclic amines) is 1. The van der Waals surface area contributed by atoms with Crippen LogP contribution < -0.4 is 4.90 Å². The molecule has 2 aliphatic rings. The monoisotopic (exact) mass is 750 g/mol. The topological polar surface area (TPSA) is 91.8 Å². The number of esters is 1. The van der Waals surface area contributed by atoms with E-state index in [9.17, 15) is 22.8 Å². The summed E-state index contributed by atoms with van der Waals surface area (Å²) in [5, 5.41) is 0.525. The number of nitrogens with zero attached hydrogens (tertiary/aromatic N) is 6. The summed E-state index contributed by atoms with van der Waals surface area (Å²) in [4.78, 5) is 46.5. The van der Waals surface area contributed by atoms with Gasteiger partial charge in [-0.25, -0.2) is 15.0 Å². The van der Waals surface area contributed by atoms with Gasteiger partial charge in [-0.15, -0.1) is 11.3 Å². The van der Waals surface area contributed by atoms with Crippen LogP contribution >= 0.6 is 27.3 Å². The van der Waals surface area contributed by atoms with Crippen molar-refractivity contribution in [1.82, 2.24) is 24.8 Å². The summed E-state index contributed by atoms with van der Waals surface area (Å²) in [5.41, 5.74) is 0.286. The van der Waals surface area contributed by atoms with E-state index in [0.717, 1.165) is 42.9 Å². The summed E-state index contributed by atoms with van der Waals surface area (Å²) >= 11 is 4.62. The number of carbonyl (C=O) groups is 2. The first-order chi connectivity index (χ1) is 22.8. The van der Waals surface area contributed by atoms with E-state index in [1.54, 1.807) is 19.2 Å². The molecule has 5 rings (SSSR count). The smallest absolute Gasteiger partial charge is 0.416 e. The standard InChI is InChI=1S/C34H42BrF3N6O3S/c1-5-47-32(46)8-10-42-11-12-44(19-22(42)4)30-18-39-26(17-40-30)28(45)16-31-41-33(23-13-24(34(36,37)38)15-25(35)14-23)29(48-31)20-43-9-6-7-27(43)21(2)3/h13-15,17-18,21-22,27H,5-12,16,19-20H2,1-4H3/t22-,27+/m1/s1. The Labute approximate surface area is 292 Å². The van der Waals surface area contributed by atoms with Crippen LogP contribution in [0.15, 0.2) is 35.1 Å². The van der Waals surface area contributed by atoms with E-state index in [-0.39, 0.29) is 29.9 Å². The molecule has 2 atom stereocenters. The SMILES string of the molecule is CCOC(=O)CCN1CCN(c2cnc(C(=O)Cc3nc(-c4cc(Br)cc(C(F)(F)F)c4)c(CN4CCC[C@H]4C(C)C)s3)cn2)C[C@H]1C. The molecule has 0 aliphatic carbocycles. The first-order valence-electron chi connectivity index (χ1n) is 16.4. The van der Waals surface area contributed by atoms with Gasteiger partial charge < -0.3 is 9.64 Å². The number of hydrogen-bond acceptors (Lipinski definition) is 10. The predicted octanol–water partition coefficient (Wildman–Crippen LogP) is 6.89. The Kier molecular flexibility index (Phi) is 11.9. The average molecular weight is 752 g/mol. The van der Waals surface area contributed by atoms with Crippen LogP contribution in [-0.4, -0.2) is 87.9 Å². The molecule has 0 saturated carbocycles. The van der Waals surface area contributed by atoms with Crippen LogP contribution in [0.3, 0.4) is 0 Å². The van der Waals surface area contributed by atoms with Crippen LogP contribution in [0.2, 0.25) is 0 Å². The Balaban J connectivity index is 1.30. The molecule has 4 heterocycles. The van der Waals surface area contributed by atoms with Crippen molar-refractivity contribution in [2.45, 2.75) is 78.2 Å². The molecule has 0 radical (unpaired) electrons. The van der Waals surface area contributed by atoms with Crippen LogP contribution in [0.4, 0.5) is 19.0 Å². The van der Waals surface area contributed by atoms with Crippen molar-refractivity contribution in [3.05, 3.63) is 56.2 Å². The molecule has 48 heavy (non-hydrogen) atoms. The zero-order valence-corrected chi connectivity index (χ0v) is 30.1. The Morgan fingerprint density at radius 3 is 2.56 bits per heavy atom. The molecule has 14 heteroatoms. The third-order valence-corrected chi connectivity index (χ3v) is 10.5. The number of halogens is 4. The van der Waals surface area contributed by atoms with Crippen LogP contribution in [0.1, 0.15) is 72.9 Å². The lowest BCUT2D eigenvalue weighted by Gasteiger charge is -2.40. The second kappa shape index (κ2) is 15.7. The Hall–Kier alpha value is -2.94. The molecule has 0 N–H and O–H groups in total. The molecule has 2 saturated heterocycles. The van der Waals surface area contributed by atoms with E-state index in [4.69, 9.17) is 9.72 Å². The van der Waals surface area contributed by atoms with Gasteiger partial charge in [0, 0.05) is 59.7 Å². The highest BCUT2D eigenvalue weighted by atomic mass is 79.9. The molecule has 0 spiro atoms. The number of benzene rings is 1. The molecule has 2 aromatic heterocycles. The number of ketones is 1. The number of anilines is 1. The first-order valence-corrected chi connectivity index (χ1v) is 18.0. The van der Waals surface area contributed by atoms with E-state index in [1.165, 1.54) is 17.5 Å². The molecular weight excluding hydrogens is 709 g/mol.